The molecule has 0 spiro atoms. The van der Waals surface area contributed by atoms with Crippen LogP contribution >= 0.6 is 0 Å². The Morgan fingerprint density at radius 3 is 2.30 bits per heavy atom. The van der Waals surface area contributed by atoms with Gasteiger partial charge in [0.05, 0.1) is 17.7 Å². The van der Waals surface area contributed by atoms with Crippen molar-refractivity contribution >= 4 is 12.4 Å². The van der Waals surface area contributed by atoms with E-state index in [2.05, 4.69) is 25.1 Å². The molecule has 0 aromatic heterocycles. The van der Waals surface area contributed by atoms with Crippen LogP contribution in [0.25, 0.3) is 0 Å². The number of likely N-dealkylation sites (tertiary alicyclic amines) is 1. The highest BCUT2D eigenvalue weighted by Crippen LogP contribution is 2.39. The number of likely N-dealkylation sites (N-methyl/N-ethyl adjacent to an activating group) is 1. The third kappa shape index (κ3) is 4.85. The Morgan fingerprint density at radius 1 is 1.26 bits per heavy atom. The number of carbonyl (C=O) groups excluding carboxylic acids is 1. The van der Waals surface area contributed by atoms with Gasteiger partial charge in [0.2, 0.25) is 0 Å². The van der Waals surface area contributed by atoms with Gasteiger partial charge in [-0.3, -0.25) is 9.59 Å². The van der Waals surface area contributed by atoms with Crippen molar-refractivity contribution in [3.63, 3.8) is 0 Å². The summed E-state index contributed by atoms with van der Waals surface area (Å²) in [6, 6.07) is 9.43. The van der Waals surface area contributed by atoms with Crippen LogP contribution in [0.15, 0.2) is 24.3 Å². The molecule has 2 aliphatic rings. The summed E-state index contributed by atoms with van der Waals surface area (Å²) in [5, 5.41) is 15.8. The first-order valence-corrected chi connectivity index (χ1v) is 9.01. The van der Waals surface area contributed by atoms with Gasteiger partial charge < -0.3 is 19.6 Å². The fourth-order valence-corrected chi connectivity index (χ4v) is 4.22. The second-order valence-electron chi connectivity index (χ2n) is 7.30. The summed E-state index contributed by atoms with van der Waals surface area (Å²) < 4.78 is 5.70. The number of amides is 1. The maximum atomic E-state index is 12.8. The largest absolute Gasteiger partial charge is 0.483 e. The number of benzene rings is 1. The molecular formula is C20H27N3O4. The first kappa shape index (κ1) is 20.9. The molecule has 1 N–H and O–H groups in total. The summed E-state index contributed by atoms with van der Waals surface area (Å²) in [6.07, 6.45) is 2.33. The average molecular weight is 373 g/mol. The summed E-state index contributed by atoms with van der Waals surface area (Å²) in [7, 11) is 5.99. The van der Waals surface area contributed by atoms with Crippen molar-refractivity contribution < 1.29 is 19.4 Å². The van der Waals surface area contributed by atoms with Crippen LogP contribution in [0.1, 0.15) is 28.8 Å². The second kappa shape index (κ2) is 9.49. The highest BCUT2D eigenvalue weighted by atomic mass is 16.5. The van der Waals surface area contributed by atoms with E-state index in [0.29, 0.717) is 29.0 Å². The SMILES string of the molecule is CO[C@@H]1C[C@H]2CN(C(=O)c3ccc(C#N)cc3)C[C@H]2C[C@H]1N(C)C.O=CO. The van der Waals surface area contributed by atoms with Gasteiger partial charge in [0.15, 0.2) is 0 Å². The van der Waals surface area contributed by atoms with Crippen molar-refractivity contribution in [2.75, 3.05) is 34.3 Å². The van der Waals surface area contributed by atoms with E-state index in [0.717, 1.165) is 25.9 Å². The van der Waals surface area contributed by atoms with Crippen molar-refractivity contribution in [1.82, 2.24) is 9.80 Å². The van der Waals surface area contributed by atoms with Crippen LogP contribution in [-0.2, 0) is 9.53 Å². The molecule has 2 fully saturated rings. The zero-order valence-corrected chi connectivity index (χ0v) is 16.0. The van der Waals surface area contributed by atoms with Gasteiger partial charge >= 0.3 is 0 Å². The Morgan fingerprint density at radius 2 is 1.81 bits per heavy atom. The fourth-order valence-electron chi connectivity index (χ4n) is 4.22. The number of rotatable bonds is 3. The molecule has 27 heavy (non-hydrogen) atoms. The van der Waals surface area contributed by atoms with Crippen LogP contribution in [0.3, 0.4) is 0 Å². The molecule has 1 saturated carbocycles. The molecule has 7 nitrogen and oxygen atoms in total. The van der Waals surface area contributed by atoms with Gasteiger partial charge in [-0.05, 0) is 63.0 Å². The van der Waals surface area contributed by atoms with Gasteiger partial charge in [0, 0.05) is 31.8 Å². The molecule has 3 rings (SSSR count). The fraction of sp³-hybridized carbons (Fsp3) is 0.550. The lowest BCUT2D eigenvalue weighted by Crippen LogP contribution is -2.47. The first-order chi connectivity index (χ1) is 12.9. The molecule has 1 amide bonds. The zero-order valence-electron chi connectivity index (χ0n) is 16.0. The third-order valence-corrected chi connectivity index (χ3v) is 5.60. The van der Waals surface area contributed by atoms with E-state index in [9.17, 15) is 4.79 Å². The maximum absolute atomic E-state index is 12.8. The minimum atomic E-state index is -0.250. The number of hydrogen-bond donors (Lipinski definition) is 1. The van der Waals surface area contributed by atoms with Crippen LogP contribution in [0.5, 0.6) is 0 Å². The predicted molar refractivity (Wildman–Crippen MR) is 100 cm³/mol. The van der Waals surface area contributed by atoms with Crippen molar-refractivity contribution in [2.45, 2.75) is 25.0 Å². The minimum absolute atomic E-state index is 0.0734. The number of carboxylic acid groups (broad SMARTS) is 1. The summed E-state index contributed by atoms with van der Waals surface area (Å²) in [5.74, 6) is 1.14. The van der Waals surface area contributed by atoms with E-state index in [1.807, 2.05) is 4.90 Å². The lowest BCUT2D eigenvalue weighted by Gasteiger charge is -2.40. The van der Waals surface area contributed by atoms with Crippen molar-refractivity contribution in [2.24, 2.45) is 11.8 Å². The lowest BCUT2D eigenvalue weighted by molar-refractivity contribution is -0.122. The smallest absolute Gasteiger partial charge is 0.290 e. The van der Waals surface area contributed by atoms with E-state index in [4.69, 9.17) is 19.9 Å². The minimum Gasteiger partial charge on any atom is -0.483 e. The Balaban J connectivity index is 0.000000817. The van der Waals surface area contributed by atoms with Crippen LogP contribution in [-0.4, -0.2) is 73.7 Å². The average Bonchev–Trinajstić information content (AvgIpc) is 3.10. The molecular weight excluding hydrogens is 346 g/mol. The predicted octanol–water partition coefficient (Wildman–Crippen LogP) is 1.69. The van der Waals surface area contributed by atoms with Crippen molar-refractivity contribution in [1.29, 1.82) is 5.26 Å². The van der Waals surface area contributed by atoms with Gasteiger partial charge in [-0.1, -0.05) is 0 Å². The Hall–Kier alpha value is -2.43. The summed E-state index contributed by atoms with van der Waals surface area (Å²) in [4.78, 5) is 25.3. The molecule has 146 valence electrons. The molecule has 7 heteroatoms. The second-order valence-corrected chi connectivity index (χ2v) is 7.30. The number of methoxy groups -OCH3 is 1. The Labute approximate surface area is 160 Å². The molecule has 4 atom stereocenters. The van der Waals surface area contributed by atoms with Gasteiger partial charge in [0.25, 0.3) is 12.4 Å². The van der Waals surface area contributed by atoms with Gasteiger partial charge in [-0.25, -0.2) is 0 Å². The molecule has 1 saturated heterocycles. The van der Waals surface area contributed by atoms with E-state index < -0.39 is 0 Å². The van der Waals surface area contributed by atoms with E-state index in [1.54, 1.807) is 31.4 Å². The molecule has 1 aliphatic heterocycles. The van der Waals surface area contributed by atoms with Crippen LogP contribution in [0.4, 0.5) is 0 Å². The molecule has 0 radical (unpaired) electrons. The molecule has 0 bridgehead atoms. The zero-order chi connectivity index (χ0) is 20.0. The standard InChI is InChI=1S/C19H25N3O2.CH2O2/c1-21(2)17-8-15-11-22(12-16(15)9-18(17)24-3)19(23)14-6-4-13(10-20)5-7-14;2-1-3/h4-7,15-18H,8-9,11-12H2,1-3H3;1H,(H,2,3)/t15-,16+,17-,18-;/m1./s1. The van der Waals surface area contributed by atoms with Crippen LogP contribution in [0.2, 0.25) is 0 Å². The van der Waals surface area contributed by atoms with Gasteiger partial charge in [0.1, 0.15) is 0 Å². The van der Waals surface area contributed by atoms with Crippen molar-refractivity contribution in [3.05, 3.63) is 35.4 Å². The van der Waals surface area contributed by atoms with Gasteiger partial charge in [-0.15, -0.1) is 0 Å². The molecule has 1 heterocycles. The van der Waals surface area contributed by atoms with E-state index >= 15 is 0 Å². The monoisotopic (exact) mass is 373 g/mol. The summed E-state index contributed by atoms with van der Waals surface area (Å²) >= 11 is 0. The summed E-state index contributed by atoms with van der Waals surface area (Å²) in [6.45, 7) is 1.38. The number of fused-ring (bicyclic) bond motifs is 1. The van der Waals surface area contributed by atoms with E-state index in [1.165, 1.54) is 0 Å². The first-order valence-electron chi connectivity index (χ1n) is 9.01. The van der Waals surface area contributed by atoms with Crippen LogP contribution in [0, 0.1) is 23.2 Å². The topological polar surface area (TPSA) is 93.9 Å². The molecule has 1 aliphatic carbocycles. The van der Waals surface area contributed by atoms with Gasteiger partial charge in [-0.2, -0.15) is 5.26 Å². The normalized spacial score (nSPS) is 26.6. The molecule has 1 aromatic rings. The Kier molecular flexibility index (Phi) is 7.34. The maximum Gasteiger partial charge on any atom is 0.290 e. The number of nitrogens with zero attached hydrogens (tertiary/aromatic N) is 3. The molecule has 1 aromatic carbocycles. The third-order valence-electron chi connectivity index (χ3n) is 5.60. The number of hydrogen-bond acceptors (Lipinski definition) is 5. The number of nitriles is 1. The lowest BCUT2D eigenvalue weighted by atomic mass is 9.77. The Bertz CT molecular complexity index is 683. The highest BCUT2D eigenvalue weighted by molar-refractivity contribution is 5.94. The molecule has 0 unspecified atom stereocenters. The van der Waals surface area contributed by atoms with E-state index in [-0.39, 0.29) is 18.5 Å². The highest BCUT2D eigenvalue weighted by Gasteiger charge is 2.44. The van der Waals surface area contributed by atoms with Crippen molar-refractivity contribution in [3.8, 4) is 6.07 Å². The number of carbonyl (C=O) groups is 2. The summed E-state index contributed by atoms with van der Waals surface area (Å²) in [5.41, 5.74) is 1.25. The quantitative estimate of drug-likeness (QED) is 0.811. The number of ether oxygens (including phenoxy) is 1. The van der Waals surface area contributed by atoms with Crippen LogP contribution < -0.4 is 0 Å².